The third-order valence-corrected chi connectivity index (χ3v) is 3.00. The van der Waals surface area contributed by atoms with Crippen LogP contribution in [0.2, 0.25) is 0 Å². The molecule has 88 valence electrons. The Morgan fingerprint density at radius 1 is 1.38 bits per heavy atom. The molecular formula is C13H19NO2. The van der Waals surface area contributed by atoms with E-state index in [4.69, 9.17) is 4.74 Å². The van der Waals surface area contributed by atoms with E-state index in [2.05, 4.69) is 17.4 Å². The number of ether oxygens (including phenoxy) is 1. The zero-order chi connectivity index (χ0) is 11.4. The van der Waals surface area contributed by atoms with E-state index < -0.39 is 0 Å². The van der Waals surface area contributed by atoms with E-state index in [9.17, 15) is 5.11 Å². The monoisotopic (exact) mass is 221 g/mol. The first-order valence-corrected chi connectivity index (χ1v) is 5.84. The number of aliphatic hydroxyl groups is 1. The summed E-state index contributed by atoms with van der Waals surface area (Å²) in [6.07, 6.45) is 0.559. The zero-order valence-corrected chi connectivity index (χ0v) is 9.60. The molecule has 3 atom stereocenters. The van der Waals surface area contributed by atoms with E-state index in [1.165, 1.54) is 5.56 Å². The van der Waals surface area contributed by atoms with Crippen molar-refractivity contribution in [2.75, 3.05) is 6.54 Å². The van der Waals surface area contributed by atoms with E-state index in [0.717, 1.165) is 19.5 Å². The summed E-state index contributed by atoms with van der Waals surface area (Å²) in [7, 11) is 0. The summed E-state index contributed by atoms with van der Waals surface area (Å²) in [5.74, 6) is 0. The van der Waals surface area contributed by atoms with Gasteiger partial charge in [0.25, 0.3) is 0 Å². The van der Waals surface area contributed by atoms with Crippen molar-refractivity contribution in [1.29, 1.82) is 0 Å². The number of hydrogen-bond donors (Lipinski definition) is 2. The van der Waals surface area contributed by atoms with Gasteiger partial charge in [0.15, 0.2) is 0 Å². The van der Waals surface area contributed by atoms with Crippen LogP contribution in [0.15, 0.2) is 30.3 Å². The molecule has 1 aromatic rings. The Morgan fingerprint density at radius 2 is 2.12 bits per heavy atom. The van der Waals surface area contributed by atoms with Crippen LogP contribution >= 0.6 is 0 Å². The minimum Gasteiger partial charge on any atom is -0.390 e. The Labute approximate surface area is 96.4 Å². The van der Waals surface area contributed by atoms with Crippen LogP contribution < -0.4 is 5.32 Å². The van der Waals surface area contributed by atoms with Gasteiger partial charge >= 0.3 is 0 Å². The maximum Gasteiger partial charge on any atom is 0.0824 e. The predicted octanol–water partition coefficient (Wildman–Crippen LogP) is 1.31. The highest BCUT2D eigenvalue weighted by molar-refractivity contribution is 5.14. The number of hydrogen-bond acceptors (Lipinski definition) is 3. The van der Waals surface area contributed by atoms with Gasteiger partial charge in [0, 0.05) is 19.5 Å². The average molecular weight is 221 g/mol. The van der Waals surface area contributed by atoms with Crippen molar-refractivity contribution in [3.05, 3.63) is 35.9 Å². The molecule has 1 aliphatic heterocycles. The largest absolute Gasteiger partial charge is 0.390 e. The van der Waals surface area contributed by atoms with Crippen molar-refractivity contribution in [3.8, 4) is 0 Å². The van der Waals surface area contributed by atoms with Crippen LogP contribution in [0.4, 0.5) is 0 Å². The fourth-order valence-corrected chi connectivity index (χ4v) is 2.02. The standard InChI is InChI=1S/C13H19NO2/c1-10-13(15)7-12(16-10)9-14-8-11-5-3-2-4-6-11/h2-6,10,12-15H,7-9H2,1H3/t10-,12+,13+/m1/s1. The van der Waals surface area contributed by atoms with Crippen LogP contribution in [-0.4, -0.2) is 30.0 Å². The highest BCUT2D eigenvalue weighted by atomic mass is 16.5. The van der Waals surface area contributed by atoms with Crippen molar-refractivity contribution in [3.63, 3.8) is 0 Å². The minimum absolute atomic E-state index is 0.0245. The van der Waals surface area contributed by atoms with Crippen molar-refractivity contribution in [2.45, 2.75) is 38.2 Å². The van der Waals surface area contributed by atoms with Crippen LogP contribution in [0.3, 0.4) is 0 Å². The molecule has 16 heavy (non-hydrogen) atoms. The Hall–Kier alpha value is -0.900. The number of aliphatic hydroxyl groups excluding tert-OH is 1. The quantitative estimate of drug-likeness (QED) is 0.805. The van der Waals surface area contributed by atoms with Gasteiger partial charge in [0.1, 0.15) is 0 Å². The number of rotatable bonds is 4. The minimum atomic E-state index is -0.302. The Bertz CT molecular complexity index is 305. The van der Waals surface area contributed by atoms with Gasteiger partial charge in [-0.15, -0.1) is 0 Å². The highest BCUT2D eigenvalue weighted by Crippen LogP contribution is 2.19. The molecule has 0 unspecified atom stereocenters. The van der Waals surface area contributed by atoms with Crippen molar-refractivity contribution < 1.29 is 9.84 Å². The molecule has 0 spiro atoms. The molecule has 0 aromatic heterocycles. The lowest BCUT2D eigenvalue weighted by molar-refractivity contribution is 0.0226. The molecule has 3 nitrogen and oxygen atoms in total. The second-order valence-electron chi connectivity index (χ2n) is 4.38. The lowest BCUT2D eigenvalue weighted by Crippen LogP contribution is -2.26. The summed E-state index contributed by atoms with van der Waals surface area (Å²) in [5, 5.41) is 12.9. The third kappa shape index (κ3) is 3.04. The van der Waals surface area contributed by atoms with Gasteiger partial charge in [-0.25, -0.2) is 0 Å². The predicted molar refractivity (Wildman–Crippen MR) is 63.1 cm³/mol. The van der Waals surface area contributed by atoms with Gasteiger partial charge < -0.3 is 15.2 Å². The lowest BCUT2D eigenvalue weighted by Gasteiger charge is -2.11. The SMILES string of the molecule is C[C@H]1O[C@H](CNCc2ccccc2)C[C@@H]1O. The molecule has 1 aliphatic rings. The molecule has 0 aliphatic carbocycles. The van der Waals surface area contributed by atoms with Gasteiger partial charge in [-0.1, -0.05) is 30.3 Å². The van der Waals surface area contributed by atoms with Crippen molar-refractivity contribution in [2.24, 2.45) is 0 Å². The second-order valence-corrected chi connectivity index (χ2v) is 4.38. The maximum atomic E-state index is 9.53. The summed E-state index contributed by atoms with van der Waals surface area (Å²) in [6.45, 7) is 3.57. The summed E-state index contributed by atoms with van der Waals surface area (Å²) >= 11 is 0. The highest BCUT2D eigenvalue weighted by Gasteiger charge is 2.29. The van der Waals surface area contributed by atoms with E-state index >= 15 is 0 Å². The first-order valence-electron chi connectivity index (χ1n) is 5.84. The molecule has 0 amide bonds. The molecule has 0 bridgehead atoms. The fourth-order valence-electron chi connectivity index (χ4n) is 2.02. The van der Waals surface area contributed by atoms with Gasteiger partial charge in [-0.3, -0.25) is 0 Å². The Balaban J connectivity index is 1.69. The molecular weight excluding hydrogens is 202 g/mol. The summed E-state index contributed by atoms with van der Waals surface area (Å²) in [4.78, 5) is 0. The smallest absolute Gasteiger partial charge is 0.0824 e. The summed E-state index contributed by atoms with van der Waals surface area (Å²) in [5.41, 5.74) is 1.27. The van der Waals surface area contributed by atoms with Gasteiger partial charge in [-0.05, 0) is 12.5 Å². The molecule has 1 fully saturated rings. The van der Waals surface area contributed by atoms with Crippen molar-refractivity contribution >= 4 is 0 Å². The zero-order valence-electron chi connectivity index (χ0n) is 9.60. The first-order chi connectivity index (χ1) is 7.75. The second kappa shape index (κ2) is 5.43. The lowest BCUT2D eigenvalue weighted by atomic mass is 10.1. The van der Waals surface area contributed by atoms with Gasteiger partial charge in [0.2, 0.25) is 0 Å². The van der Waals surface area contributed by atoms with Crippen LogP contribution in [0.1, 0.15) is 18.9 Å². The van der Waals surface area contributed by atoms with Crippen LogP contribution in [-0.2, 0) is 11.3 Å². The van der Waals surface area contributed by atoms with Gasteiger partial charge in [0.05, 0.1) is 18.3 Å². The van der Waals surface area contributed by atoms with E-state index in [1.807, 2.05) is 25.1 Å². The summed E-state index contributed by atoms with van der Waals surface area (Å²) < 4.78 is 5.60. The molecule has 3 heteroatoms. The molecule has 2 N–H and O–H groups in total. The molecule has 1 heterocycles. The Kier molecular flexibility index (Phi) is 3.93. The first kappa shape index (κ1) is 11.6. The molecule has 2 rings (SSSR count). The molecule has 0 saturated carbocycles. The normalized spacial score (nSPS) is 29.5. The maximum absolute atomic E-state index is 9.53. The number of benzene rings is 1. The fraction of sp³-hybridized carbons (Fsp3) is 0.538. The van der Waals surface area contributed by atoms with Gasteiger partial charge in [-0.2, -0.15) is 0 Å². The Morgan fingerprint density at radius 3 is 2.75 bits per heavy atom. The van der Waals surface area contributed by atoms with E-state index in [-0.39, 0.29) is 18.3 Å². The third-order valence-electron chi connectivity index (χ3n) is 3.00. The number of nitrogens with one attached hydrogen (secondary N) is 1. The average Bonchev–Trinajstić information content (AvgIpc) is 2.60. The topological polar surface area (TPSA) is 41.5 Å². The molecule has 1 saturated heterocycles. The van der Waals surface area contributed by atoms with Crippen LogP contribution in [0, 0.1) is 0 Å². The van der Waals surface area contributed by atoms with Crippen LogP contribution in [0.25, 0.3) is 0 Å². The molecule has 0 radical (unpaired) electrons. The van der Waals surface area contributed by atoms with Crippen LogP contribution in [0.5, 0.6) is 0 Å². The van der Waals surface area contributed by atoms with E-state index in [0.29, 0.717) is 0 Å². The van der Waals surface area contributed by atoms with Crippen molar-refractivity contribution in [1.82, 2.24) is 5.32 Å². The van der Waals surface area contributed by atoms with E-state index in [1.54, 1.807) is 0 Å². The molecule has 1 aromatic carbocycles. The summed E-state index contributed by atoms with van der Waals surface area (Å²) in [6, 6.07) is 10.3.